The molecule has 116 valence electrons. The van der Waals surface area contributed by atoms with Crippen LogP contribution < -0.4 is 0 Å². The van der Waals surface area contributed by atoms with Gasteiger partial charge in [0, 0.05) is 12.7 Å². The molecular formula is C15H24N4O2. The molecule has 21 heavy (non-hydrogen) atoms. The quantitative estimate of drug-likeness (QED) is 0.782. The van der Waals surface area contributed by atoms with E-state index in [2.05, 4.69) is 33.9 Å². The van der Waals surface area contributed by atoms with Crippen LogP contribution in [0.5, 0.6) is 0 Å². The molecule has 0 saturated carbocycles. The summed E-state index contributed by atoms with van der Waals surface area (Å²) in [6.07, 6.45) is 2.73. The molecule has 2 rings (SSSR count). The SMILES string of the molecule is CCOC(=O)c1cnc(C2CN(C)CCCN2C)nc1C. The molecule has 1 aliphatic heterocycles. The Bertz CT molecular complexity index is 506. The lowest BCUT2D eigenvalue weighted by molar-refractivity contribution is 0.0524. The zero-order chi connectivity index (χ0) is 15.4. The maximum Gasteiger partial charge on any atom is 0.341 e. The van der Waals surface area contributed by atoms with E-state index < -0.39 is 0 Å². The highest BCUT2D eigenvalue weighted by atomic mass is 16.5. The molecule has 0 amide bonds. The third-order valence-electron chi connectivity index (χ3n) is 3.86. The van der Waals surface area contributed by atoms with Crippen LogP contribution in [0.25, 0.3) is 0 Å². The zero-order valence-corrected chi connectivity index (χ0v) is 13.3. The molecule has 0 bridgehead atoms. The molecule has 0 aliphatic carbocycles. The third kappa shape index (κ3) is 3.77. The van der Waals surface area contributed by atoms with E-state index in [-0.39, 0.29) is 12.0 Å². The molecule has 1 unspecified atom stereocenters. The summed E-state index contributed by atoms with van der Waals surface area (Å²) in [7, 11) is 4.22. The van der Waals surface area contributed by atoms with Gasteiger partial charge in [-0.3, -0.25) is 4.90 Å². The van der Waals surface area contributed by atoms with Crippen LogP contribution >= 0.6 is 0 Å². The normalized spacial score (nSPS) is 21.0. The van der Waals surface area contributed by atoms with Crippen molar-refractivity contribution in [3.63, 3.8) is 0 Å². The minimum atomic E-state index is -0.354. The lowest BCUT2D eigenvalue weighted by Crippen LogP contribution is -2.32. The number of aryl methyl sites for hydroxylation is 1. The van der Waals surface area contributed by atoms with Crippen molar-refractivity contribution in [3.8, 4) is 0 Å². The Balaban J connectivity index is 2.24. The van der Waals surface area contributed by atoms with Crippen LogP contribution in [-0.2, 0) is 4.74 Å². The highest BCUT2D eigenvalue weighted by molar-refractivity contribution is 5.90. The van der Waals surface area contributed by atoms with Crippen molar-refractivity contribution < 1.29 is 9.53 Å². The Morgan fingerprint density at radius 2 is 2.19 bits per heavy atom. The highest BCUT2D eigenvalue weighted by Gasteiger charge is 2.25. The first-order valence-electron chi connectivity index (χ1n) is 7.42. The summed E-state index contributed by atoms with van der Waals surface area (Å²) in [5, 5.41) is 0. The number of esters is 1. The summed E-state index contributed by atoms with van der Waals surface area (Å²) >= 11 is 0. The first-order chi connectivity index (χ1) is 10.0. The van der Waals surface area contributed by atoms with Crippen LogP contribution in [0.2, 0.25) is 0 Å². The Labute approximate surface area is 126 Å². The van der Waals surface area contributed by atoms with Crippen molar-refractivity contribution in [3.05, 3.63) is 23.3 Å². The van der Waals surface area contributed by atoms with Crippen LogP contribution in [-0.4, -0.2) is 66.1 Å². The van der Waals surface area contributed by atoms with Gasteiger partial charge in [0.2, 0.25) is 0 Å². The molecular weight excluding hydrogens is 268 g/mol. The average Bonchev–Trinajstić information content (AvgIpc) is 2.60. The van der Waals surface area contributed by atoms with Gasteiger partial charge >= 0.3 is 5.97 Å². The minimum Gasteiger partial charge on any atom is -0.462 e. The third-order valence-corrected chi connectivity index (χ3v) is 3.86. The van der Waals surface area contributed by atoms with Crippen LogP contribution in [0, 0.1) is 6.92 Å². The standard InChI is InChI=1S/C15H24N4O2/c1-5-21-15(20)12-9-16-14(17-11(12)2)13-10-18(3)7-6-8-19(13)4/h9,13H,5-8,10H2,1-4H3. The fourth-order valence-electron chi connectivity index (χ4n) is 2.61. The summed E-state index contributed by atoms with van der Waals surface area (Å²) in [5.74, 6) is 0.421. The predicted molar refractivity (Wildman–Crippen MR) is 80.2 cm³/mol. The number of hydrogen-bond acceptors (Lipinski definition) is 6. The second kappa shape index (κ2) is 6.95. The summed E-state index contributed by atoms with van der Waals surface area (Å²) in [6.45, 7) is 6.99. The van der Waals surface area contributed by atoms with Crippen molar-refractivity contribution in [2.75, 3.05) is 40.3 Å². The predicted octanol–water partition coefficient (Wildman–Crippen LogP) is 1.27. The van der Waals surface area contributed by atoms with Gasteiger partial charge in [0.1, 0.15) is 5.82 Å². The van der Waals surface area contributed by atoms with E-state index >= 15 is 0 Å². The van der Waals surface area contributed by atoms with Crippen LogP contribution in [0.3, 0.4) is 0 Å². The van der Waals surface area contributed by atoms with Crippen molar-refractivity contribution in [1.82, 2.24) is 19.8 Å². The summed E-state index contributed by atoms with van der Waals surface area (Å²) in [6, 6.07) is 0.160. The van der Waals surface area contributed by atoms with Crippen LogP contribution in [0.1, 0.15) is 41.3 Å². The van der Waals surface area contributed by atoms with Crippen LogP contribution in [0.4, 0.5) is 0 Å². The molecule has 0 aromatic carbocycles. The van der Waals surface area contributed by atoms with Gasteiger partial charge in [-0.1, -0.05) is 0 Å². The van der Waals surface area contributed by atoms with E-state index in [1.54, 1.807) is 13.1 Å². The van der Waals surface area contributed by atoms with E-state index in [9.17, 15) is 4.79 Å². The molecule has 0 radical (unpaired) electrons. The van der Waals surface area contributed by atoms with E-state index in [0.717, 1.165) is 31.9 Å². The van der Waals surface area contributed by atoms with Gasteiger partial charge in [-0.25, -0.2) is 14.8 Å². The topological polar surface area (TPSA) is 58.6 Å². The molecule has 6 heteroatoms. The van der Waals surface area contributed by atoms with Gasteiger partial charge in [0.15, 0.2) is 0 Å². The number of ether oxygens (including phenoxy) is 1. The second-order valence-corrected chi connectivity index (χ2v) is 5.56. The number of carbonyl (C=O) groups excluding carboxylic acids is 1. The van der Waals surface area contributed by atoms with Crippen LogP contribution in [0.15, 0.2) is 6.20 Å². The van der Waals surface area contributed by atoms with E-state index in [4.69, 9.17) is 4.74 Å². The average molecular weight is 292 g/mol. The molecule has 6 nitrogen and oxygen atoms in total. The van der Waals surface area contributed by atoms with Gasteiger partial charge < -0.3 is 9.64 Å². The Morgan fingerprint density at radius 1 is 1.43 bits per heavy atom. The summed E-state index contributed by atoms with van der Waals surface area (Å²) in [5.41, 5.74) is 1.13. The second-order valence-electron chi connectivity index (χ2n) is 5.56. The van der Waals surface area contributed by atoms with Gasteiger partial charge in [-0.2, -0.15) is 0 Å². The highest BCUT2D eigenvalue weighted by Crippen LogP contribution is 2.21. The lowest BCUT2D eigenvalue weighted by atomic mass is 10.2. The van der Waals surface area contributed by atoms with Gasteiger partial charge in [-0.05, 0) is 47.5 Å². The number of nitrogens with zero attached hydrogens (tertiary/aromatic N) is 4. The first-order valence-corrected chi connectivity index (χ1v) is 7.42. The Kier molecular flexibility index (Phi) is 5.25. The fraction of sp³-hybridized carbons (Fsp3) is 0.667. The lowest BCUT2D eigenvalue weighted by Gasteiger charge is -2.26. The summed E-state index contributed by atoms with van der Waals surface area (Å²) in [4.78, 5) is 25.3. The minimum absolute atomic E-state index is 0.160. The maximum atomic E-state index is 11.8. The maximum absolute atomic E-state index is 11.8. The van der Waals surface area contributed by atoms with Crippen molar-refractivity contribution in [1.29, 1.82) is 0 Å². The molecule has 2 heterocycles. The van der Waals surface area contributed by atoms with E-state index in [1.807, 2.05) is 6.92 Å². The van der Waals surface area contributed by atoms with Gasteiger partial charge in [-0.15, -0.1) is 0 Å². The largest absolute Gasteiger partial charge is 0.462 e. The molecule has 1 aromatic heterocycles. The van der Waals surface area contributed by atoms with Crippen molar-refractivity contribution in [2.24, 2.45) is 0 Å². The number of hydrogen-bond donors (Lipinski definition) is 0. The number of carbonyl (C=O) groups is 1. The Hall–Kier alpha value is -1.53. The zero-order valence-electron chi connectivity index (χ0n) is 13.3. The molecule has 1 aliphatic rings. The van der Waals surface area contributed by atoms with Gasteiger partial charge in [0.25, 0.3) is 0 Å². The van der Waals surface area contributed by atoms with Crippen molar-refractivity contribution >= 4 is 5.97 Å². The fourth-order valence-corrected chi connectivity index (χ4v) is 2.61. The van der Waals surface area contributed by atoms with Gasteiger partial charge in [0.05, 0.1) is 23.9 Å². The van der Waals surface area contributed by atoms with E-state index in [1.165, 1.54) is 0 Å². The number of likely N-dealkylation sites (N-methyl/N-ethyl adjacent to an activating group) is 2. The molecule has 1 atom stereocenters. The molecule has 1 saturated heterocycles. The smallest absolute Gasteiger partial charge is 0.341 e. The molecule has 1 fully saturated rings. The van der Waals surface area contributed by atoms with E-state index in [0.29, 0.717) is 17.9 Å². The molecule has 0 N–H and O–H groups in total. The summed E-state index contributed by atoms with van der Waals surface area (Å²) < 4.78 is 5.01. The van der Waals surface area contributed by atoms with Crippen molar-refractivity contribution in [2.45, 2.75) is 26.3 Å². The Morgan fingerprint density at radius 3 is 2.86 bits per heavy atom. The molecule has 1 aromatic rings. The monoisotopic (exact) mass is 292 g/mol. The molecule has 0 spiro atoms. The number of aromatic nitrogens is 2. The first kappa shape index (κ1) is 15.9. The number of rotatable bonds is 3.